The molecule has 0 unspecified atom stereocenters. The molecule has 2 aromatic heterocycles. The van der Waals surface area contributed by atoms with Crippen molar-refractivity contribution in [1.82, 2.24) is 24.3 Å². The van der Waals surface area contributed by atoms with Crippen LogP contribution in [0.3, 0.4) is 0 Å². The highest BCUT2D eigenvalue weighted by molar-refractivity contribution is 6.06. The normalized spacial score (nSPS) is 15.4. The number of allylic oxidation sites excluding steroid dienone is 2. The number of amides is 1. The van der Waals surface area contributed by atoms with E-state index in [0.29, 0.717) is 11.4 Å². The molecule has 1 aliphatic rings. The van der Waals surface area contributed by atoms with E-state index in [1.165, 1.54) is 0 Å². The number of hydrogen-bond acceptors (Lipinski definition) is 5. The lowest BCUT2D eigenvalue weighted by Crippen LogP contribution is -2.43. The minimum absolute atomic E-state index is 0.199. The summed E-state index contributed by atoms with van der Waals surface area (Å²) in [5, 5.41) is 4.93. The van der Waals surface area contributed by atoms with Gasteiger partial charge in [-0.3, -0.25) is 4.79 Å². The Morgan fingerprint density at radius 1 is 1.06 bits per heavy atom. The summed E-state index contributed by atoms with van der Waals surface area (Å²) in [6.07, 6.45) is 10.9. The van der Waals surface area contributed by atoms with Crippen molar-refractivity contribution in [1.29, 1.82) is 0 Å². The van der Waals surface area contributed by atoms with E-state index in [0.717, 1.165) is 53.9 Å². The number of piperazine rings is 1. The Morgan fingerprint density at radius 2 is 1.85 bits per heavy atom. The van der Waals surface area contributed by atoms with E-state index < -0.39 is 0 Å². The van der Waals surface area contributed by atoms with Gasteiger partial charge in [-0.25, -0.2) is 9.97 Å². The lowest BCUT2D eigenvalue weighted by molar-refractivity contribution is -0.112. The molecule has 0 aliphatic carbocycles. The molecule has 1 aromatic carbocycles. The van der Waals surface area contributed by atoms with Crippen molar-refractivity contribution < 1.29 is 4.79 Å². The topological polar surface area (TPSA) is 66.3 Å². The molecule has 4 rings (SSSR count). The second kappa shape index (κ2) is 9.83. The fourth-order valence-electron chi connectivity index (χ4n) is 3.88. The zero-order valence-corrected chi connectivity index (χ0v) is 19.5. The van der Waals surface area contributed by atoms with Gasteiger partial charge in [0.15, 0.2) is 0 Å². The lowest BCUT2D eigenvalue weighted by Gasteiger charge is -2.34. The number of carbonyl (C=O) groups excluding carboxylic acids is 1. The smallest absolute Gasteiger partial charge is 0.256 e. The highest BCUT2D eigenvalue weighted by Gasteiger charge is 2.14. The van der Waals surface area contributed by atoms with Gasteiger partial charge in [0, 0.05) is 61.6 Å². The van der Waals surface area contributed by atoms with Crippen LogP contribution in [0.25, 0.3) is 22.0 Å². The molecule has 7 heteroatoms. The Labute approximate surface area is 194 Å². The molecule has 170 valence electrons. The standard InChI is InChI=1S/C26H30N6O/c1-5-20(7-6-19(2)32-12-10-30(3)11-13-32)26(33)29-25-15-23-14-21(8-9-22(23)16-28-25)24-17-27-18-31(24)4/h5-9,14-18H,2,10-13H2,1,3-4H3,(H,28,29,33)/b7-6-,20-5+. The van der Waals surface area contributed by atoms with Crippen LogP contribution in [0.2, 0.25) is 0 Å². The Kier molecular flexibility index (Phi) is 6.70. The average molecular weight is 443 g/mol. The van der Waals surface area contributed by atoms with Crippen molar-refractivity contribution in [3.63, 3.8) is 0 Å². The largest absolute Gasteiger partial charge is 0.369 e. The molecular formula is C26H30N6O. The van der Waals surface area contributed by atoms with Crippen LogP contribution in [0.15, 0.2) is 79.1 Å². The number of likely N-dealkylation sites (N-methyl/N-ethyl adjacent to an activating group) is 1. The molecule has 0 saturated carbocycles. The Bertz CT molecular complexity index is 1230. The summed E-state index contributed by atoms with van der Waals surface area (Å²) in [5.74, 6) is 0.315. The molecule has 1 amide bonds. The summed E-state index contributed by atoms with van der Waals surface area (Å²) < 4.78 is 1.98. The van der Waals surface area contributed by atoms with Crippen molar-refractivity contribution in [3.05, 3.63) is 79.1 Å². The van der Waals surface area contributed by atoms with Gasteiger partial charge in [0.05, 0.1) is 18.2 Å². The maximum absolute atomic E-state index is 12.9. The molecule has 0 spiro atoms. The number of aryl methyl sites for hydroxylation is 1. The lowest BCUT2D eigenvalue weighted by atomic mass is 10.1. The number of pyridine rings is 1. The SMILES string of the molecule is C=C(/C=C\C(=C/C)C(=O)Nc1cc2cc(-c3cncn3C)ccc2cn1)N1CCN(C)CC1. The Morgan fingerprint density at radius 3 is 2.55 bits per heavy atom. The van der Waals surface area contributed by atoms with Crippen LogP contribution in [0, 0.1) is 0 Å². The van der Waals surface area contributed by atoms with Crippen LogP contribution < -0.4 is 5.32 Å². The number of rotatable bonds is 6. The number of anilines is 1. The van der Waals surface area contributed by atoms with E-state index in [4.69, 9.17) is 0 Å². The monoisotopic (exact) mass is 442 g/mol. The van der Waals surface area contributed by atoms with Crippen molar-refractivity contribution in [2.75, 3.05) is 38.5 Å². The number of imidazole rings is 1. The molecule has 33 heavy (non-hydrogen) atoms. The third kappa shape index (κ3) is 5.21. The summed E-state index contributed by atoms with van der Waals surface area (Å²) in [6.45, 7) is 9.93. The third-order valence-electron chi connectivity index (χ3n) is 6.01. The first-order valence-electron chi connectivity index (χ1n) is 11.1. The summed E-state index contributed by atoms with van der Waals surface area (Å²) >= 11 is 0. The van der Waals surface area contributed by atoms with E-state index >= 15 is 0 Å². The van der Waals surface area contributed by atoms with Gasteiger partial charge < -0.3 is 19.7 Å². The van der Waals surface area contributed by atoms with Crippen molar-refractivity contribution >= 4 is 22.5 Å². The number of aromatic nitrogens is 3. The van der Waals surface area contributed by atoms with Crippen LogP contribution >= 0.6 is 0 Å². The van der Waals surface area contributed by atoms with Crippen LogP contribution in [0.1, 0.15) is 6.92 Å². The number of nitrogens with zero attached hydrogens (tertiary/aromatic N) is 5. The van der Waals surface area contributed by atoms with Gasteiger partial charge in [0.1, 0.15) is 5.82 Å². The maximum Gasteiger partial charge on any atom is 0.256 e. The van der Waals surface area contributed by atoms with Gasteiger partial charge in [-0.05, 0) is 43.6 Å². The zero-order valence-electron chi connectivity index (χ0n) is 19.5. The molecule has 1 fully saturated rings. The summed E-state index contributed by atoms with van der Waals surface area (Å²) in [5.41, 5.74) is 3.57. The van der Waals surface area contributed by atoms with Crippen LogP contribution in [0.5, 0.6) is 0 Å². The second-order valence-electron chi connectivity index (χ2n) is 8.33. The number of nitrogens with one attached hydrogen (secondary N) is 1. The van der Waals surface area contributed by atoms with E-state index in [1.807, 2.05) is 49.0 Å². The van der Waals surface area contributed by atoms with Crippen molar-refractivity contribution in [2.24, 2.45) is 7.05 Å². The summed E-state index contributed by atoms with van der Waals surface area (Å²) in [6, 6.07) is 8.06. The van der Waals surface area contributed by atoms with E-state index in [-0.39, 0.29) is 5.91 Å². The number of benzene rings is 1. The first-order chi connectivity index (χ1) is 15.9. The molecule has 1 N–H and O–H groups in total. The molecule has 0 radical (unpaired) electrons. The average Bonchev–Trinajstić information content (AvgIpc) is 3.25. The van der Waals surface area contributed by atoms with Crippen LogP contribution in [0.4, 0.5) is 5.82 Å². The highest BCUT2D eigenvalue weighted by Crippen LogP contribution is 2.25. The molecule has 0 bridgehead atoms. The molecule has 3 heterocycles. The van der Waals surface area contributed by atoms with Gasteiger partial charge in [0.25, 0.3) is 5.91 Å². The van der Waals surface area contributed by atoms with Crippen molar-refractivity contribution in [2.45, 2.75) is 6.92 Å². The number of hydrogen-bond donors (Lipinski definition) is 1. The van der Waals surface area contributed by atoms with E-state index in [2.05, 4.69) is 50.8 Å². The predicted molar refractivity (Wildman–Crippen MR) is 134 cm³/mol. The van der Waals surface area contributed by atoms with E-state index in [1.54, 1.807) is 18.6 Å². The minimum atomic E-state index is -0.199. The minimum Gasteiger partial charge on any atom is -0.369 e. The van der Waals surface area contributed by atoms with Gasteiger partial charge in [0.2, 0.25) is 0 Å². The van der Waals surface area contributed by atoms with Gasteiger partial charge in [-0.1, -0.05) is 24.8 Å². The second-order valence-corrected chi connectivity index (χ2v) is 8.33. The van der Waals surface area contributed by atoms with Gasteiger partial charge >= 0.3 is 0 Å². The molecule has 7 nitrogen and oxygen atoms in total. The van der Waals surface area contributed by atoms with Crippen LogP contribution in [-0.2, 0) is 11.8 Å². The number of carbonyl (C=O) groups is 1. The fraction of sp³-hybridized carbons (Fsp3) is 0.269. The fourth-order valence-corrected chi connectivity index (χ4v) is 3.88. The summed E-state index contributed by atoms with van der Waals surface area (Å²) in [7, 11) is 4.09. The first kappa shape index (κ1) is 22.5. The summed E-state index contributed by atoms with van der Waals surface area (Å²) in [4.78, 5) is 26.0. The Hall–Kier alpha value is -3.71. The van der Waals surface area contributed by atoms with Gasteiger partial charge in [-0.2, -0.15) is 0 Å². The highest BCUT2D eigenvalue weighted by atomic mass is 16.1. The maximum atomic E-state index is 12.9. The molecule has 0 atom stereocenters. The molecule has 1 aliphatic heterocycles. The quantitative estimate of drug-likeness (QED) is 0.464. The van der Waals surface area contributed by atoms with Crippen LogP contribution in [-0.4, -0.2) is 63.5 Å². The third-order valence-corrected chi connectivity index (χ3v) is 6.01. The molecule has 1 saturated heterocycles. The predicted octanol–water partition coefficient (Wildman–Crippen LogP) is 3.84. The van der Waals surface area contributed by atoms with Crippen molar-refractivity contribution in [3.8, 4) is 11.3 Å². The van der Waals surface area contributed by atoms with Gasteiger partial charge in [-0.15, -0.1) is 0 Å². The molecule has 3 aromatic rings. The Balaban J connectivity index is 1.46. The van der Waals surface area contributed by atoms with E-state index in [9.17, 15) is 4.79 Å². The zero-order chi connectivity index (χ0) is 23.4. The first-order valence-corrected chi connectivity index (χ1v) is 11.1. The molecular weight excluding hydrogens is 412 g/mol. The number of fused-ring (bicyclic) bond motifs is 1.